The molecule has 136 valence electrons. The van der Waals surface area contributed by atoms with E-state index in [0.29, 0.717) is 38.7 Å². The Hall–Kier alpha value is -1.89. The topological polar surface area (TPSA) is 58.6 Å². The summed E-state index contributed by atoms with van der Waals surface area (Å²) in [5, 5.41) is 3.53. The molecular weight excluding hydrogens is 395 g/mol. The highest BCUT2D eigenvalue weighted by atomic mass is 35.5. The molecule has 1 unspecified atom stereocenters. The number of amides is 2. The SMILES string of the molecule is COc1ccc(NC(=O)C2CSCN2C(=O)c2ccc(Cl)c(Cl)c2)cc1. The number of anilines is 1. The Bertz CT molecular complexity index is 830. The van der Waals surface area contributed by atoms with Gasteiger partial charge in [0.15, 0.2) is 0 Å². The molecular formula is C18H16Cl2N2O3S. The number of ether oxygens (including phenoxy) is 1. The number of hydrogen-bond acceptors (Lipinski definition) is 4. The van der Waals surface area contributed by atoms with Gasteiger partial charge in [0, 0.05) is 17.0 Å². The fourth-order valence-corrected chi connectivity index (χ4v) is 4.01. The molecule has 1 saturated heterocycles. The number of nitrogens with zero attached hydrogens (tertiary/aromatic N) is 1. The zero-order valence-electron chi connectivity index (χ0n) is 13.9. The first-order chi connectivity index (χ1) is 12.5. The van der Waals surface area contributed by atoms with Gasteiger partial charge in [0.05, 0.1) is 23.0 Å². The number of hydrogen-bond donors (Lipinski definition) is 1. The van der Waals surface area contributed by atoms with E-state index in [-0.39, 0.29) is 11.8 Å². The van der Waals surface area contributed by atoms with Crippen LogP contribution in [0.3, 0.4) is 0 Å². The average molecular weight is 411 g/mol. The third-order valence-electron chi connectivity index (χ3n) is 3.97. The van der Waals surface area contributed by atoms with Gasteiger partial charge in [-0.1, -0.05) is 23.2 Å². The second-order valence-electron chi connectivity index (χ2n) is 5.64. The Balaban J connectivity index is 1.72. The Labute approximate surface area is 165 Å². The Morgan fingerprint density at radius 1 is 1.15 bits per heavy atom. The summed E-state index contributed by atoms with van der Waals surface area (Å²) in [5.74, 6) is 1.21. The smallest absolute Gasteiger partial charge is 0.255 e. The lowest BCUT2D eigenvalue weighted by atomic mass is 10.1. The van der Waals surface area contributed by atoms with Crippen molar-refractivity contribution < 1.29 is 14.3 Å². The minimum atomic E-state index is -0.552. The van der Waals surface area contributed by atoms with E-state index >= 15 is 0 Å². The van der Waals surface area contributed by atoms with Crippen molar-refractivity contribution in [2.75, 3.05) is 24.1 Å². The summed E-state index contributed by atoms with van der Waals surface area (Å²) in [7, 11) is 1.58. The predicted octanol–water partition coefficient (Wildman–Crippen LogP) is 4.16. The van der Waals surface area contributed by atoms with Crippen molar-refractivity contribution in [2.45, 2.75) is 6.04 Å². The van der Waals surface area contributed by atoms with Crippen LogP contribution in [-0.4, -0.2) is 41.5 Å². The lowest BCUT2D eigenvalue weighted by Gasteiger charge is -2.23. The molecule has 1 fully saturated rings. The van der Waals surface area contributed by atoms with Gasteiger partial charge in [-0.3, -0.25) is 9.59 Å². The van der Waals surface area contributed by atoms with E-state index in [2.05, 4.69) is 5.32 Å². The number of nitrogens with one attached hydrogen (secondary N) is 1. The summed E-state index contributed by atoms with van der Waals surface area (Å²) in [6.45, 7) is 0. The molecule has 2 aromatic rings. The molecule has 0 radical (unpaired) electrons. The number of rotatable bonds is 4. The normalized spacial score (nSPS) is 16.4. The molecule has 1 N–H and O–H groups in total. The van der Waals surface area contributed by atoms with Gasteiger partial charge < -0.3 is 15.0 Å². The molecule has 1 atom stereocenters. The Kier molecular flexibility index (Phi) is 5.96. The van der Waals surface area contributed by atoms with Crippen molar-refractivity contribution in [3.63, 3.8) is 0 Å². The van der Waals surface area contributed by atoms with E-state index in [1.165, 1.54) is 17.8 Å². The fourth-order valence-electron chi connectivity index (χ4n) is 2.55. The van der Waals surface area contributed by atoms with E-state index in [1.54, 1.807) is 48.4 Å². The first-order valence-corrected chi connectivity index (χ1v) is 9.69. The van der Waals surface area contributed by atoms with Gasteiger partial charge in [0.2, 0.25) is 5.91 Å². The number of benzene rings is 2. The Morgan fingerprint density at radius 2 is 1.88 bits per heavy atom. The number of halogens is 2. The molecule has 1 heterocycles. The van der Waals surface area contributed by atoms with E-state index < -0.39 is 6.04 Å². The van der Waals surface area contributed by atoms with Crippen molar-refractivity contribution in [3.05, 3.63) is 58.1 Å². The molecule has 1 aliphatic rings. The largest absolute Gasteiger partial charge is 0.497 e. The third kappa shape index (κ3) is 4.09. The molecule has 2 aromatic carbocycles. The highest BCUT2D eigenvalue weighted by Crippen LogP contribution is 2.27. The zero-order chi connectivity index (χ0) is 18.7. The molecule has 0 bridgehead atoms. The van der Waals surface area contributed by atoms with Gasteiger partial charge in [-0.2, -0.15) is 0 Å². The van der Waals surface area contributed by atoms with Crippen LogP contribution >= 0.6 is 35.0 Å². The van der Waals surface area contributed by atoms with E-state index in [0.717, 1.165) is 0 Å². The molecule has 26 heavy (non-hydrogen) atoms. The third-order valence-corrected chi connectivity index (χ3v) is 5.72. The van der Waals surface area contributed by atoms with E-state index in [1.807, 2.05) is 0 Å². The van der Waals surface area contributed by atoms with Crippen molar-refractivity contribution in [1.82, 2.24) is 4.90 Å². The van der Waals surface area contributed by atoms with Crippen LogP contribution in [0.15, 0.2) is 42.5 Å². The summed E-state index contributed by atoms with van der Waals surface area (Å²) in [6.07, 6.45) is 0. The van der Waals surface area contributed by atoms with Crippen LogP contribution < -0.4 is 10.1 Å². The molecule has 2 amide bonds. The maximum atomic E-state index is 12.8. The molecule has 0 spiro atoms. The predicted molar refractivity (Wildman–Crippen MR) is 105 cm³/mol. The fraction of sp³-hybridized carbons (Fsp3) is 0.222. The number of carbonyl (C=O) groups excluding carboxylic acids is 2. The second kappa shape index (κ2) is 8.20. The van der Waals surface area contributed by atoms with Gasteiger partial charge in [0.25, 0.3) is 5.91 Å². The van der Waals surface area contributed by atoms with Crippen molar-refractivity contribution in [2.24, 2.45) is 0 Å². The van der Waals surface area contributed by atoms with Crippen molar-refractivity contribution >= 4 is 52.5 Å². The number of methoxy groups -OCH3 is 1. The molecule has 3 rings (SSSR count). The standard InChI is InChI=1S/C18H16Cl2N2O3S/c1-25-13-5-3-12(4-6-13)21-17(23)16-9-26-10-22(16)18(24)11-2-7-14(19)15(20)8-11/h2-8,16H,9-10H2,1H3,(H,21,23). The molecule has 0 aromatic heterocycles. The minimum Gasteiger partial charge on any atom is -0.497 e. The van der Waals surface area contributed by atoms with E-state index in [9.17, 15) is 9.59 Å². The highest BCUT2D eigenvalue weighted by molar-refractivity contribution is 7.99. The maximum absolute atomic E-state index is 12.8. The minimum absolute atomic E-state index is 0.228. The van der Waals surface area contributed by atoms with Crippen LogP contribution in [0, 0.1) is 0 Å². The molecule has 0 saturated carbocycles. The lowest BCUT2D eigenvalue weighted by molar-refractivity contribution is -0.119. The van der Waals surface area contributed by atoms with Crippen LogP contribution in [0.5, 0.6) is 5.75 Å². The summed E-state index contributed by atoms with van der Waals surface area (Å²) >= 11 is 13.4. The average Bonchev–Trinajstić information content (AvgIpc) is 3.14. The van der Waals surface area contributed by atoms with Gasteiger partial charge in [-0.15, -0.1) is 11.8 Å². The first kappa shape index (κ1) is 18.9. The monoisotopic (exact) mass is 410 g/mol. The van der Waals surface area contributed by atoms with Gasteiger partial charge >= 0.3 is 0 Å². The van der Waals surface area contributed by atoms with Gasteiger partial charge in [-0.05, 0) is 42.5 Å². The van der Waals surface area contributed by atoms with Crippen LogP contribution in [0.1, 0.15) is 10.4 Å². The highest BCUT2D eigenvalue weighted by Gasteiger charge is 2.35. The van der Waals surface area contributed by atoms with E-state index in [4.69, 9.17) is 27.9 Å². The van der Waals surface area contributed by atoms with Gasteiger partial charge in [-0.25, -0.2) is 0 Å². The summed E-state index contributed by atoms with van der Waals surface area (Å²) in [6, 6.07) is 11.2. The summed E-state index contributed by atoms with van der Waals surface area (Å²) < 4.78 is 5.10. The molecule has 1 aliphatic heterocycles. The Morgan fingerprint density at radius 3 is 2.54 bits per heavy atom. The summed E-state index contributed by atoms with van der Waals surface area (Å²) in [4.78, 5) is 27.0. The second-order valence-corrected chi connectivity index (χ2v) is 7.45. The van der Waals surface area contributed by atoms with Crippen LogP contribution in [0.25, 0.3) is 0 Å². The quantitative estimate of drug-likeness (QED) is 0.821. The van der Waals surface area contributed by atoms with Crippen molar-refractivity contribution in [1.29, 1.82) is 0 Å². The maximum Gasteiger partial charge on any atom is 0.255 e. The number of carbonyl (C=O) groups is 2. The lowest BCUT2D eigenvalue weighted by Crippen LogP contribution is -2.44. The first-order valence-electron chi connectivity index (χ1n) is 7.78. The van der Waals surface area contributed by atoms with Gasteiger partial charge in [0.1, 0.15) is 11.8 Å². The molecule has 0 aliphatic carbocycles. The van der Waals surface area contributed by atoms with Crippen LogP contribution in [0.4, 0.5) is 5.69 Å². The van der Waals surface area contributed by atoms with Crippen molar-refractivity contribution in [3.8, 4) is 5.75 Å². The molecule has 5 nitrogen and oxygen atoms in total. The van der Waals surface area contributed by atoms with Crippen LogP contribution in [-0.2, 0) is 4.79 Å². The zero-order valence-corrected chi connectivity index (χ0v) is 16.2. The molecule has 8 heteroatoms. The van der Waals surface area contributed by atoms with Crippen LogP contribution in [0.2, 0.25) is 10.0 Å². The number of thioether (sulfide) groups is 1. The summed E-state index contributed by atoms with van der Waals surface area (Å²) in [5.41, 5.74) is 1.05.